The zero-order valence-corrected chi connectivity index (χ0v) is 19.8. The standard InChI is InChI=1S/C20H12O5.C11H8O2/c21-11-5-7-15-17(9-11)24-18-10-12(22)6-8-16(18)20(15)14-4-2-1-3-13(14)19(23)25-20;12-11(13)10-7-3-5-8-4-1-2-6-9(8)10/h1-10,21-22H;1-7H,(H,12,13). The summed E-state index contributed by atoms with van der Waals surface area (Å²) in [6.07, 6.45) is 0. The Hall–Kier alpha value is -5.30. The third-order valence-corrected chi connectivity index (χ3v) is 6.70. The first-order valence-corrected chi connectivity index (χ1v) is 11.8. The van der Waals surface area contributed by atoms with Gasteiger partial charge in [0.1, 0.15) is 23.0 Å². The van der Waals surface area contributed by atoms with E-state index in [2.05, 4.69) is 0 Å². The number of aromatic carboxylic acids is 1. The maximum Gasteiger partial charge on any atom is 0.340 e. The highest BCUT2D eigenvalue weighted by molar-refractivity contribution is 6.03. The minimum Gasteiger partial charge on any atom is -0.508 e. The van der Waals surface area contributed by atoms with Gasteiger partial charge >= 0.3 is 11.9 Å². The first-order chi connectivity index (χ1) is 18.4. The SMILES string of the molecule is O=C(O)c1cccc2ccccc12.O=C1OC2(c3ccc(O)cc3Oc3cc(O)ccc32)c2ccccc21. The van der Waals surface area contributed by atoms with E-state index < -0.39 is 17.5 Å². The Morgan fingerprint density at radius 3 is 1.97 bits per heavy atom. The van der Waals surface area contributed by atoms with Crippen LogP contribution in [0.2, 0.25) is 0 Å². The van der Waals surface area contributed by atoms with Crippen LogP contribution >= 0.6 is 0 Å². The van der Waals surface area contributed by atoms with E-state index in [0.717, 1.165) is 10.8 Å². The average molecular weight is 504 g/mol. The van der Waals surface area contributed by atoms with E-state index in [-0.39, 0.29) is 11.5 Å². The summed E-state index contributed by atoms with van der Waals surface area (Å²) in [5.41, 5.74) is 1.64. The van der Waals surface area contributed by atoms with Crippen LogP contribution in [0.1, 0.15) is 37.4 Å². The molecule has 1 spiro atoms. The fourth-order valence-electron chi connectivity index (χ4n) is 5.07. The molecule has 0 bridgehead atoms. The number of phenols is 2. The second-order valence-corrected chi connectivity index (χ2v) is 8.91. The van der Waals surface area contributed by atoms with Crippen molar-refractivity contribution >= 4 is 22.7 Å². The summed E-state index contributed by atoms with van der Waals surface area (Å²) in [7, 11) is 0. The fraction of sp³-hybridized carbons (Fsp3) is 0.0323. The number of benzene rings is 5. The number of ether oxygens (including phenoxy) is 2. The molecule has 0 aromatic heterocycles. The smallest absolute Gasteiger partial charge is 0.340 e. The van der Waals surface area contributed by atoms with Gasteiger partial charge in [0.15, 0.2) is 5.60 Å². The van der Waals surface area contributed by atoms with Crippen molar-refractivity contribution in [1.82, 2.24) is 0 Å². The van der Waals surface area contributed by atoms with Crippen molar-refractivity contribution < 1.29 is 34.4 Å². The molecular formula is C31H20O7. The van der Waals surface area contributed by atoms with Gasteiger partial charge in [-0.1, -0.05) is 54.6 Å². The van der Waals surface area contributed by atoms with Gasteiger partial charge in [-0.3, -0.25) is 0 Å². The monoisotopic (exact) mass is 504 g/mol. The van der Waals surface area contributed by atoms with Crippen LogP contribution in [0.3, 0.4) is 0 Å². The van der Waals surface area contributed by atoms with Gasteiger partial charge in [0, 0.05) is 28.8 Å². The lowest BCUT2D eigenvalue weighted by Gasteiger charge is -2.36. The van der Waals surface area contributed by atoms with E-state index in [1.54, 1.807) is 36.4 Å². The molecule has 0 saturated heterocycles. The van der Waals surface area contributed by atoms with Gasteiger partial charge in [-0.25, -0.2) is 9.59 Å². The Kier molecular flexibility index (Phi) is 5.28. The molecule has 0 amide bonds. The van der Waals surface area contributed by atoms with E-state index >= 15 is 0 Å². The number of phenolic OH excluding ortho intramolecular Hbond substituents is 2. The van der Waals surface area contributed by atoms with Crippen molar-refractivity contribution in [2.24, 2.45) is 0 Å². The molecule has 7 rings (SSSR count). The molecule has 2 aliphatic rings. The zero-order valence-electron chi connectivity index (χ0n) is 19.8. The topological polar surface area (TPSA) is 113 Å². The fourth-order valence-corrected chi connectivity index (χ4v) is 5.07. The Bertz CT molecular complexity index is 1700. The summed E-state index contributed by atoms with van der Waals surface area (Å²) in [4.78, 5) is 23.3. The number of carbonyl (C=O) groups excluding carboxylic acids is 1. The van der Waals surface area contributed by atoms with Gasteiger partial charge < -0.3 is 24.8 Å². The molecule has 186 valence electrons. The quantitative estimate of drug-likeness (QED) is 0.233. The van der Waals surface area contributed by atoms with Crippen LogP contribution in [0.4, 0.5) is 0 Å². The van der Waals surface area contributed by atoms with Crippen LogP contribution in [0.15, 0.2) is 103 Å². The molecule has 2 heterocycles. The van der Waals surface area contributed by atoms with Crippen LogP contribution in [-0.2, 0) is 10.3 Å². The van der Waals surface area contributed by atoms with Crippen LogP contribution in [-0.4, -0.2) is 27.3 Å². The summed E-state index contributed by atoms with van der Waals surface area (Å²) < 4.78 is 11.8. The molecule has 0 radical (unpaired) electrons. The maximum absolute atomic E-state index is 12.5. The average Bonchev–Trinajstić information content (AvgIpc) is 3.21. The highest BCUT2D eigenvalue weighted by Crippen LogP contribution is 2.56. The third-order valence-electron chi connectivity index (χ3n) is 6.70. The summed E-state index contributed by atoms with van der Waals surface area (Å²) in [5, 5.41) is 30.3. The number of carbonyl (C=O) groups is 2. The van der Waals surface area contributed by atoms with E-state index in [0.29, 0.717) is 39.3 Å². The molecule has 5 aromatic rings. The Balaban J connectivity index is 0.000000171. The van der Waals surface area contributed by atoms with Crippen LogP contribution < -0.4 is 4.74 Å². The lowest BCUT2D eigenvalue weighted by Crippen LogP contribution is -2.32. The minimum atomic E-state index is -1.17. The lowest BCUT2D eigenvalue weighted by atomic mass is 9.77. The Morgan fingerprint density at radius 2 is 1.29 bits per heavy atom. The number of carboxylic acid groups (broad SMARTS) is 1. The number of fused-ring (bicyclic) bond motifs is 7. The normalized spacial score (nSPS) is 13.8. The molecule has 0 atom stereocenters. The largest absolute Gasteiger partial charge is 0.508 e. The number of rotatable bonds is 1. The molecule has 0 fully saturated rings. The molecule has 7 nitrogen and oxygen atoms in total. The van der Waals surface area contributed by atoms with Crippen molar-refractivity contribution in [2.75, 3.05) is 0 Å². The number of hydrogen-bond donors (Lipinski definition) is 3. The highest BCUT2D eigenvalue weighted by Gasteiger charge is 2.53. The maximum atomic E-state index is 12.5. The second kappa shape index (κ2) is 8.67. The molecule has 3 N–H and O–H groups in total. The van der Waals surface area contributed by atoms with Crippen molar-refractivity contribution in [3.63, 3.8) is 0 Å². The van der Waals surface area contributed by atoms with Gasteiger partial charge in [0.05, 0.1) is 11.1 Å². The minimum absolute atomic E-state index is 0.0371. The summed E-state index contributed by atoms with van der Waals surface area (Å²) in [5.74, 6) is -0.470. The zero-order chi connectivity index (χ0) is 26.4. The van der Waals surface area contributed by atoms with Gasteiger partial charge in [-0.15, -0.1) is 0 Å². The van der Waals surface area contributed by atoms with E-state index in [1.807, 2.05) is 42.5 Å². The van der Waals surface area contributed by atoms with E-state index in [1.165, 1.54) is 24.3 Å². The highest BCUT2D eigenvalue weighted by atomic mass is 16.6. The van der Waals surface area contributed by atoms with Gasteiger partial charge in [0.25, 0.3) is 0 Å². The molecule has 2 aliphatic heterocycles. The van der Waals surface area contributed by atoms with Gasteiger partial charge in [-0.05, 0) is 47.2 Å². The van der Waals surface area contributed by atoms with Crippen molar-refractivity contribution in [3.05, 3.63) is 131 Å². The van der Waals surface area contributed by atoms with Crippen LogP contribution in [0, 0.1) is 0 Å². The summed E-state index contributed by atoms with van der Waals surface area (Å²) in [6.45, 7) is 0. The molecule has 5 aromatic carbocycles. The van der Waals surface area contributed by atoms with Crippen molar-refractivity contribution in [1.29, 1.82) is 0 Å². The van der Waals surface area contributed by atoms with Crippen LogP contribution in [0.25, 0.3) is 10.8 Å². The van der Waals surface area contributed by atoms with Crippen LogP contribution in [0.5, 0.6) is 23.0 Å². The molecule has 38 heavy (non-hydrogen) atoms. The predicted octanol–water partition coefficient (Wildman–Crippen LogP) is 6.20. The van der Waals surface area contributed by atoms with Gasteiger partial charge in [0.2, 0.25) is 0 Å². The summed E-state index contributed by atoms with van der Waals surface area (Å²) >= 11 is 0. The molecule has 0 aliphatic carbocycles. The Labute approximate surface area is 216 Å². The first-order valence-electron chi connectivity index (χ1n) is 11.8. The first kappa shape index (κ1) is 23.1. The van der Waals surface area contributed by atoms with Crippen molar-refractivity contribution in [2.45, 2.75) is 5.60 Å². The number of carboxylic acids is 1. The molecular weight excluding hydrogens is 484 g/mol. The molecule has 0 unspecified atom stereocenters. The molecule has 7 heteroatoms. The molecule has 0 saturated carbocycles. The summed E-state index contributed by atoms with van der Waals surface area (Å²) in [6, 6.07) is 29.3. The van der Waals surface area contributed by atoms with Crippen molar-refractivity contribution in [3.8, 4) is 23.0 Å². The number of hydrogen-bond acceptors (Lipinski definition) is 6. The van der Waals surface area contributed by atoms with E-state index in [4.69, 9.17) is 14.6 Å². The number of aromatic hydroxyl groups is 2. The second-order valence-electron chi connectivity index (χ2n) is 8.91. The lowest BCUT2D eigenvalue weighted by molar-refractivity contribution is 0.0224. The number of esters is 1. The third kappa shape index (κ3) is 3.52. The van der Waals surface area contributed by atoms with Gasteiger partial charge in [-0.2, -0.15) is 0 Å². The van der Waals surface area contributed by atoms with E-state index in [9.17, 15) is 19.8 Å². The Morgan fingerprint density at radius 1 is 0.684 bits per heavy atom. The predicted molar refractivity (Wildman–Crippen MR) is 139 cm³/mol.